The maximum atomic E-state index is 11.3. The van der Waals surface area contributed by atoms with E-state index < -0.39 is 12.1 Å². The molecule has 0 bridgehead atoms. The topological polar surface area (TPSA) is 82.9 Å². The number of piperidine rings is 1. The Balaban J connectivity index is 1.35. The average Bonchev–Trinajstić information content (AvgIpc) is 3.30. The van der Waals surface area contributed by atoms with E-state index in [9.17, 15) is 15.0 Å². The molecule has 194 valence electrons. The maximum Gasteiger partial charge on any atom is 0.303 e. The number of rotatable bonds is 12. The van der Waals surface area contributed by atoms with Crippen molar-refractivity contribution < 1.29 is 19.7 Å². The molecule has 3 atom stereocenters. The van der Waals surface area contributed by atoms with Crippen molar-refractivity contribution in [2.45, 2.75) is 42.4 Å². The van der Waals surface area contributed by atoms with Crippen molar-refractivity contribution in [3.63, 3.8) is 0 Å². The third-order valence-corrected chi connectivity index (χ3v) is 9.49. The number of nitrogens with zero attached hydrogens (tertiary/aromatic N) is 2. The Morgan fingerprint density at radius 3 is 2.89 bits per heavy atom. The van der Waals surface area contributed by atoms with Gasteiger partial charge >= 0.3 is 5.97 Å². The largest absolute Gasteiger partial charge is 0.497 e. The fourth-order valence-electron chi connectivity index (χ4n) is 5.12. The molecule has 2 N–H and O–H groups in total. The van der Waals surface area contributed by atoms with E-state index in [1.807, 2.05) is 42.1 Å². The third-order valence-electron chi connectivity index (χ3n) is 7.06. The number of carbonyl (C=O) groups is 1. The molecule has 1 aliphatic rings. The van der Waals surface area contributed by atoms with Crippen molar-refractivity contribution in [1.82, 2.24) is 9.88 Å². The minimum atomic E-state index is -0.742. The standard InChI is InChI=1S/C27H33ClN2O4S2/c1-34-20-4-5-23-22(16-20)21(10-12-29-23)24(31)6-2-18-11-13-30(17-19(18)3-8-26(32)33)14-15-35-27-9-7-25(28)36-27/h4-5,7,9-10,12,16,18-19,24,31H,2-3,6,8,11,13-15,17H2,1H3,(H,32,33)/t18-,19+,24?/m1/s1. The second kappa shape index (κ2) is 13.1. The SMILES string of the molecule is COc1ccc2nccc(C(O)CC[C@@H]3CCN(CCSc4ccc(Cl)s4)C[C@@H]3CCC(=O)O)c2c1. The number of carboxylic acids is 1. The number of carboxylic acid groups (broad SMARTS) is 1. The number of pyridine rings is 1. The first-order valence-electron chi connectivity index (χ1n) is 12.4. The quantitative estimate of drug-likeness (QED) is 0.254. The molecule has 2 aromatic heterocycles. The molecule has 0 saturated carbocycles. The van der Waals surface area contributed by atoms with Crippen LogP contribution in [0.3, 0.4) is 0 Å². The molecule has 0 aliphatic carbocycles. The van der Waals surface area contributed by atoms with E-state index >= 15 is 0 Å². The second-order valence-electron chi connectivity index (χ2n) is 9.33. The smallest absolute Gasteiger partial charge is 0.303 e. The Labute approximate surface area is 225 Å². The van der Waals surface area contributed by atoms with E-state index in [1.54, 1.807) is 24.6 Å². The summed E-state index contributed by atoms with van der Waals surface area (Å²) >= 11 is 9.47. The fourth-order valence-corrected chi connectivity index (χ4v) is 7.50. The monoisotopic (exact) mass is 548 g/mol. The molecule has 0 spiro atoms. The molecule has 3 heterocycles. The lowest BCUT2D eigenvalue weighted by Crippen LogP contribution is -2.41. The van der Waals surface area contributed by atoms with Crippen molar-refractivity contribution >= 4 is 51.6 Å². The summed E-state index contributed by atoms with van der Waals surface area (Å²) in [7, 11) is 1.63. The fraction of sp³-hybridized carbons (Fsp3) is 0.481. The van der Waals surface area contributed by atoms with Gasteiger partial charge in [0, 0.05) is 36.8 Å². The van der Waals surface area contributed by atoms with Gasteiger partial charge in [-0.15, -0.1) is 23.1 Å². The Morgan fingerprint density at radius 2 is 2.14 bits per heavy atom. The number of aliphatic hydroxyl groups excluding tert-OH is 1. The van der Waals surface area contributed by atoms with Crippen LogP contribution in [0.25, 0.3) is 10.9 Å². The van der Waals surface area contributed by atoms with Crippen LogP contribution in [0.4, 0.5) is 0 Å². The zero-order valence-electron chi connectivity index (χ0n) is 20.4. The number of likely N-dealkylation sites (tertiary alicyclic amines) is 1. The molecular formula is C27H33ClN2O4S2. The Morgan fingerprint density at radius 1 is 1.28 bits per heavy atom. The van der Waals surface area contributed by atoms with Crippen LogP contribution in [-0.2, 0) is 4.79 Å². The lowest BCUT2D eigenvalue weighted by atomic mass is 9.79. The van der Waals surface area contributed by atoms with Gasteiger partial charge in [0.2, 0.25) is 0 Å². The van der Waals surface area contributed by atoms with Gasteiger partial charge in [-0.1, -0.05) is 11.6 Å². The van der Waals surface area contributed by atoms with Gasteiger partial charge in [-0.2, -0.15) is 0 Å². The lowest BCUT2D eigenvalue weighted by Gasteiger charge is -2.39. The normalized spacial score (nSPS) is 19.4. The molecule has 1 saturated heterocycles. The van der Waals surface area contributed by atoms with Crippen LogP contribution in [0.1, 0.15) is 43.8 Å². The highest BCUT2D eigenvalue weighted by Crippen LogP contribution is 2.36. The van der Waals surface area contributed by atoms with Crippen LogP contribution in [-0.4, -0.2) is 58.6 Å². The van der Waals surface area contributed by atoms with Gasteiger partial charge in [-0.05, 0) is 86.0 Å². The Hall–Kier alpha value is -1.84. The molecule has 3 aromatic rings. The number of thioether (sulfide) groups is 1. The van der Waals surface area contributed by atoms with Crippen LogP contribution in [0.2, 0.25) is 4.34 Å². The minimum absolute atomic E-state index is 0.189. The van der Waals surface area contributed by atoms with Crippen molar-refractivity contribution in [3.8, 4) is 5.75 Å². The van der Waals surface area contributed by atoms with E-state index in [1.165, 1.54) is 4.21 Å². The van der Waals surface area contributed by atoms with Crippen LogP contribution in [0.15, 0.2) is 46.8 Å². The lowest BCUT2D eigenvalue weighted by molar-refractivity contribution is -0.137. The number of halogens is 1. The van der Waals surface area contributed by atoms with E-state index in [4.69, 9.17) is 16.3 Å². The molecule has 4 rings (SSSR count). The molecule has 6 nitrogen and oxygen atoms in total. The van der Waals surface area contributed by atoms with E-state index in [-0.39, 0.29) is 6.42 Å². The second-order valence-corrected chi connectivity index (χ2v) is 12.4. The number of aromatic nitrogens is 1. The van der Waals surface area contributed by atoms with E-state index in [0.717, 1.165) is 64.8 Å². The molecule has 0 radical (unpaired) electrons. The zero-order chi connectivity index (χ0) is 25.5. The van der Waals surface area contributed by atoms with Gasteiger partial charge in [-0.3, -0.25) is 9.78 Å². The molecule has 1 fully saturated rings. The summed E-state index contributed by atoms with van der Waals surface area (Å²) in [5.74, 6) is 1.71. The Kier molecular flexibility index (Phi) is 9.90. The maximum absolute atomic E-state index is 11.3. The van der Waals surface area contributed by atoms with Gasteiger partial charge in [-0.25, -0.2) is 0 Å². The first-order chi connectivity index (χ1) is 17.4. The van der Waals surface area contributed by atoms with Crippen molar-refractivity contribution in [2.24, 2.45) is 11.8 Å². The summed E-state index contributed by atoms with van der Waals surface area (Å²) in [5, 5.41) is 21.3. The Bertz CT molecular complexity index is 1160. The van der Waals surface area contributed by atoms with Crippen LogP contribution >= 0.6 is 34.7 Å². The molecule has 9 heteroatoms. The average molecular weight is 549 g/mol. The number of fused-ring (bicyclic) bond motifs is 1. The molecular weight excluding hydrogens is 516 g/mol. The van der Waals surface area contributed by atoms with Gasteiger partial charge in [0.1, 0.15) is 5.75 Å². The van der Waals surface area contributed by atoms with Crippen LogP contribution in [0.5, 0.6) is 5.75 Å². The highest BCUT2D eigenvalue weighted by Gasteiger charge is 2.30. The predicted molar refractivity (Wildman–Crippen MR) is 147 cm³/mol. The van der Waals surface area contributed by atoms with Crippen LogP contribution < -0.4 is 4.74 Å². The number of methoxy groups -OCH3 is 1. The number of aliphatic hydroxyl groups is 1. The molecule has 1 aliphatic heterocycles. The van der Waals surface area contributed by atoms with E-state index in [2.05, 4.69) is 16.0 Å². The molecule has 1 unspecified atom stereocenters. The third kappa shape index (κ3) is 7.35. The summed E-state index contributed by atoms with van der Waals surface area (Å²) < 4.78 is 7.41. The summed E-state index contributed by atoms with van der Waals surface area (Å²) in [5.41, 5.74) is 1.70. The summed E-state index contributed by atoms with van der Waals surface area (Å²) in [6, 6.07) is 11.6. The van der Waals surface area contributed by atoms with Gasteiger partial charge < -0.3 is 19.8 Å². The molecule has 0 amide bonds. The van der Waals surface area contributed by atoms with Gasteiger partial charge in [0.05, 0.1) is 27.3 Å². The number of aliphatic carboxylic acids is 1. The summed E-state index contributed by atoms with van der Waals surface area (Å²) in [6.07, 6.45) is 4.54. The van der Waals surface area contributed by atoms with Crippen molar-refractivity contribution in [2.75, 3.05) is 32.5 Å². The summed E-state index contributed by atoms with van der Waals surface area (Å²) in [4.78, 5) is 18.2. The van der Waals surface area contributed by atoms with Gasteiger partial charge in [0.15, 0.2) is 0 Å². The first kappa shape index (κ1) is 27.2. The van der Waals surface area contributed by atoms with Crippen molar-refractivity contribution in [1.29, 1.82) is 0 Å². The number of hydrogen-bond acceptors (Lipinski definition) is 7. The highest BCUT2D eigenvalue weighted by molar-refractivity contribution is 8.01. The first-order valence-corrected chi connectivity index (χ1v) is 14.5. The van der Waals surface area contributed by atoms with Crippen molar-refractivity contribution in [3.05, 3.63) is 52.5 Å². The number of thiophene rings is 1. The highest BCUT2D eigenvalue weighted by atomic mass is 35.5. The van der Waals surface area contributed by atoms with E-state index in [0.29, 0.717) is 24.7 Å². The predicted octanol–water partition coefficient (Wildman–Crippen LogP) is 6.37. The molecule has 36 heavy (non-hydrogen) atoms. The van der Waals surface area contributed by atoms with Crippen LogP contribution in [0, 0.1) is 11.8 Å². The minimum Gasteiger partial charge on any atom is -0.497 e. The van der Waals surface area contributed by atoms with Gasteiger partial charge in [0.25, 0.3) is 0 Å². The summed E-state index contributed by atoms with van der Waals surface area (Å²) in [6.45, 7) is 2.89. The number of ether oxygens (including phenoxy) is 1. The number of benzene rings is 1. The molecule has 1 aromatic carbocycles. The zero-order valence-corrected chi connectivity index (χ0v) is 22.8. The number of hydrogen-bond donors (Lipinski definition) is 2.